The van der Waals surface area contributed by atoms with Crippen LogP contribution in [-0.2, 0) is 4.79 Å². The van der Waals surface area contributed by atoms with Crippen molar-refractivity contribution in [2.75, 3.05) is 19.6 Å². The molecule has 0 saturated carbocycles. The second-order valence-electron chi connectivity index (χ2n) is 6.06. The maximum Gasteiger partial charge on any atom is 0.318 e. The van der Waals surface area contributed by atoms with E-state index < -0.39 is 11.5 Å². The van der Waals surface area contributed by atoms with E-state index in [4.69, 9.17) is 5.11 Å². The van der Waals surface area contributed by atoms with E-state index in [-0.39, 0.29) is 18.5 Å². The monoisotopic (exact) mass is 285 g/mol. The highest BCUT2D eigenvalue weighted by molar-refractivity contribution is 5.77. The summed E-state index contributed by atoms with van der Waals surface area (Å²) in [4.78, 5) is 25.1. The molecule has 1 saturated heterocycles. The molecule has 0 aromatic rings. The minimum Gasteiger partial charge on any atom is -0.481 e. The molecule has 0 aromatic heterocycles. The summed E-state index contributed by atoms with van der Waals surface area (Å²) in [6, 6.07) is 0.0989. The van der Waals surface area contributed by atoms with Crippen LogP contribution in [-0.4, -0.2) is 53.2 Å². The van der Waals surface area contributed by atoms with Crippen molar-refractivity contribution in [3.05, 3.63) is 0 Å². The van der Waals surface area contributed by atoms with Gasteiger partial charge in [0.2, 0.25) is 0 Å². The lowest BCUT2D eigenvalue weighted by Crippen LogP contribution is -2.55. The number of nitrogens with one attached hydrogen (secondary N) is 2. The van der Waals surface area contributed by atoms with Crippen molar-refractivity contribution in [2.45, 2.75) is 58.0 Å². The van der Waals surface area contributed by atoms with Crippen LogP contribution in [0.4, 0.5) is 4.79 Å². The molecule has 0 unspecified atom stereocenters. The largest absolute Gasteiger partial charge is 0.481 e. The second kappa shape index (κ2) is 7.47. The lowest BCUT2D eigenvalue weighted by atomic mass is 10.0. The van der Waals surface area contributed by atoms with Crippen molar-refractivity contribution in [1.29, 1.82) is 0 Å². The van der Waals surface area contributed by atoms with E-state index in [9.17, 15) is 9.59 Å². The molecule has 116 valence electrons. The third kappa shape index (κ3) is 5.36. The average molecular weight is 285 g/mol. The highest BCUT2D eigenvalue weighted by Crippen LogP contribution is 2.15. The molecular weight excluding hydrogens is 258 g/mol. The van der Waals surface area contributed by atoms with Crippen molar-refractivity contribution >= 4 is 12.0 Å². The maximum absolute atomic E-state index is 12.4. The zero-order valence-electron chi connectivity index (χ0n) is 12.7. The van der Waals surface area contributed by atoms with Gasteiger partial charge in [-0.05, 0) is 46.2 Å². The molecule has 6 heteroatoms. The van der Waals surface area contributed by atoms with Gasteiger partial charge in [0, 0.05) is 18.1 Å². The molecule has 20 heavy (non-hydrogen) atoms. The van der Waals surface area contributed by atoms with Gasteiger partial charge in [0.1, 0.15) is 0 Å². The molecule has 2 amide bonds. The van der Waals surface area contributed by atoms with Crippen LogP contribution >= 0.6 is 0 Å². The Morgan fingerprint density at radius 3 is 2.45 bits per heavy atom. The first kappa shape index (κ1) is 16.8. The van der Waals surface area contributed by atoms with Crippen molar-refractivity contribution in [2.24, 2.45) is 0 Å². The van der Waals surface area contributed by atoms with Crippen molar-refractivity contribution in [3.8, 4) is 0 Å². The number of carbonyl (C=O) groups excluding carboxylic acids is 1. The van der Waals surface area contributed by atoms with Gasteiger partial charge in [-0.3, -0.25) is 4.79 Å². The minimum atomic E-state index is -0.904. The normalized spacial score (nSPS) is 16.8. The molecule has 6 nitrogen and oxygen atoms in total. The number of rotatable bonds is 6. The van der Waals surface area contributed by atoms with Crippen LogP contribution in [0.3, 0.4) is 0 Å². The molecule has 0 aliphatic carbocycles. The van der Waals surface area contributed by atoms with E-state index in [1.807, 2.05) is 11.8 Å². The van der Waals surface area contributed by atoms with Gasteiger partial charge in [-0.25, -0.2) is 4.79 Å². The molecule has 0 radical (unpaired) electrons. The number of hydrogen-bond acceptors (Lipinski definition) is 3. The Bertz CT molecular complexity index is 339. The number of carbonyl (C=O) groups is 2. The first-order chi connectivity index (χ1) is 9.35. The summed E-state index contributed by atoms with van der Waals surface area (Å²) < 4.78 is 0. The van der Waals surface area contributed by atoms with Gasteiger partial charge in [0.25, 0.3) is 0 Å². The van der Waals surface area contributed by atoms with Crippen molar-refractivity contribution < 1.29 is 14.7 Å². The van der Waals surface area contributed by atoms with E-state index >= 15 is 0 Å². The average Bonchev–Trinajstić information content (AvgIpc) is 2.34. The van der Waals surface area contributed by atoms with E-state index in [0.717, 1.165) is 32.4 Å². The summed E-state index contributed by atoms with van der Waals surface area (Å²) >= 11 is 0. The first-order valence-corrected chi connectivity index (χ1v) is 7.37. The zero-order valence-corrected chi connectivity index (χ0v) is 12.7. The van der Waals surface area contributed by atoms with Crippen LogP contribution in [0.5, 0.6) is 0 Å². The van der Waals surface area contributed by atoms with Gasteiger partial charge in [-0.1, -0.05) is 6.92 Å². The number of carboxylic acid groups (broad SMARTS) is 1. The Morgan fingerprint density at radius 2 is 1.95 bits per heavy atom. The van der Waals surface area contributed by atoms with Gasteiger partial charge in [0.15, 0.2) is 0 Å². The van der Waals surface area contributed by atoms with E-state index in [1.165, 1.54) is 0 Å². The molecule has 0 atom stereocenters. The summed E-state index contributed by atoms with van der Waals surface area (Å²) in [5.74, 6) is -0.904. The predicted octanol–water partition coefficient (Wildman–Crippen LogP) is 1.41. The Labute approximate surface area is 120 Å². The summed E-state index contributed by atoms with van der Waals surface area (Å²) in [6.07, 6.45) is 2.72. The molecule has 1 aliphatic heterocycles. The first-order valence-electron chi connectivity index (χ1n) is 7.37. The van der Waals surface area contributed by atoms with E-state index in [2.05, 4.69) is 10.6 Å². The van der Waals surface area contributed by atoms with Crippen LogP contribution in [0, 0.1) is 0 Å². The Balaban J connectivity index is 2.65. The fraction of sp³-hybridized carbons (Fsp3) is 0.857. The quantitative estimate of drug-likeness (QED) is 0.689. The SMILES string of the molecule is CCCN(C(=O)NC(C)(C)CC(=O)O)C1CCNCC1. The summed E-state index contributed by atoms with van der Waals surface area (Å²) in [6.45, 7) is 8.09. The molecule has 1 rings (SSSR count). The van der Waals surface area contributed by atoms with E-state index in [0.29, 0.717) is 6.54 Å². The van der Waals surface area contributed by atoms with Crippen molar-refractivity contribution in [3.63, 3.8) is 0 Å². The summed E-state index contributed by atoms with van der Waals surface area (Å²) in [7, 11) is 0. The fourth-order valence-electron chi connectivity index (χ4n) is 2.59. The molecular formula is C14H27N3O3. The number of aliphatic carboxylic acids is 1. The maximum atomic E-state index is 12.4. The number of nitrogens with zero attached hydrogens (tertiary/aromatic N) is 1. The van der Waals surface area contributed by atoms with Crippen LogP contribution in [0.15, 0.2) is 0 Å². The number of amides is 2. The molecule has 1 fully saturated rings. The third-order valence-electron chi connectivity index (χ3n) is 3.51. The molecule has 0 bridgehead atoms. The third-order valence-corrected chi connectivity index (χ3v) is 3.51. The van der Waals surface area contributed by atoms with Gasteiger partial charge >= 0.3 is 12.0 Å². The van der Waals surface area contributed by atoms with Crippen LogP contribution in [0.2, 0.25) is 0 Å². The minimum absolute atomic E-state index is 0.0784. The summed E-state index contributed by atoms with van der Waals surface area (Å²) in [5, 5.41) is 15.0. The predicted molar refractivity (Wildman–Crippen MR) is 77.8 cm³/mol. The number of urea groups is 1. The lowest BCUT2D eigenvalue weighted by molar-refractivity contribution is -0.138. The Kier molecular flexibility index (Phi) is 6.26. The van der Waals surface area contributed by atoms with Crippen LogP contribution < -0.4 is 10.6 Å². The molecule has 1 aliphatic rings. The highest BCUT2D eigenvalue weighted by Gasteiger charge is 2.30. The topological polar surface area (TPSA) is 81.7 Å². The molecule has 3 N–H and O–H groups in total. The molecule has 0 aromatic carbocycles. The number of piperidine rings is 1. The van der Waals surface area contributed by atoms with E-state index in [1.54, 1.807) is 13.8 Å². The van der Waals surface area contributed by atoms with Crippen LogP contribution in [0.1, 0.15) is 46.5 Å². The standard InChI is InChI=1S/C14H27N3O3/c1-4-9-17(11-5-7-15-8-6-11)13(20)16-14(2,3)10-12(18)19/h11,15H,4-10H2,1-3H3,(H,16,20)(H,18,19). The van der Waals surface area contributed by atoms with Crippen LogP contribution in [0.25, 0.3) is 0 Å². The smallest absolute Gasteiger partial charge is 0.318 e. The van der Waals surface area contributed by atoms with Gasteiger partial charge in [-0.15, -0.1) is 0 Å². The zero-order chi connectivity index (χ0) is 15.2. The molecule has 1 heterocycles. The Morgan fingerprint density at radius 1 is 1.35 bits per heavy atom. The van der Waals surface area contributed by atoms with Gasteiger partial charge in [0.05, 0.1) is 6.42 Å². The molecule has 0 spiro atoms. The highest BCUT2D eigenvalue weighted by atomic mass is 16.4. The Hall–Kier alpha value is -1.30. The van der Waals surface area contributed by atoms with Gasteiger partial charge < -0.3 is 20.6 Å². The fourth-order valence-corrected chi connectivity index (χ4v) is 2.59. The number of hydrogen-bond donors (Lipinski definition) is 3. The summed E-state index contributed by atoms with van der Waals surface area (Å²) in [5.41, 5.74) is -0.734. The number of carboxylic acids is 1. The second-order valence-corrected chi connectivity index (χ2v) is 6.06. The van der Waals surface area contributed by atoms with Crippen molar-refractivity contribution in [1.82, 2.24) is 15.5 Å². The lowest BCUT2D eigenvalue weighted by Gasteiger charge is -2.37. The van der Waals surface area contributed by atoms with Gasteiger partial charge in [-0.2, -0.15) is 0 Å².